The Bertz CT molecular complexity index is 789. The quantitative estimate of drug-likeness (QED) is 0.921. The molecule has 0 saturated heterocycles. The summed E-state index contributed by atoms with van der Waals surface area (Å²) < 4.78 is 6.96. The SMILES string of the molecule is CC(C)(C)OC(=O)NC[C@H]1Cn2c(=O)ccc3nccc1c32. The number of rotatable bonds is 2. The second-order valence-corrected chi connectivity index (χ2v) is 6.50. The van der Waals surface area contributed by atoms with Crippen LogP contribution in [0.4, 0.5) is 4.79 Å². The van der Waals surface area contributed by atoms with Crippen LogP contribution in [0.1, 0.15) is 32.3 Å². The Labute approximate surface area is 128 Å². The summed E-state index contributed by atoms with van der Waals surface area (Å²) in [5.41, 5.74) is 2.15. The number of nitrogens with zero attached hydrogens (tertiary/aromatic N) is 2. The van der Waals surface area contributed by atoms with Crippen LogP contribution in [-0.2, 0) is 11.3 Å². The van der Waals surface area contributed by atoms with E-state index >= 15 is 0 Å². The topological polar surface area (TPSA) is 73.2 Å². The highest BCUT2D eigenvalue weighted by Crippen LogP contribution is 2.30. The van der Waals surface area contributed by atoms with Crippen molar-refractivity contribution in [3.63, 3.8) is 0 Å². The van der Waals surface area contributed by atoms with E-state index in [1.54, 1.807) is 16.8 Å². The first kappa shape index (κ1) is 14.6. The Morgan fingerprint density at radius 1 is 1.41 bits per heavy atom. The average molecular weight is 301 g/mol. The molecule has 3 heterocycles. The summed E-state index contributed by atoms with van der Waals surface area (Å²) in [6.07, 6.45) is 1.29. The fraction of sp³-hybridized carbons (Fsp3) is 0.438. The van der Waals surface area contributed by atoms with E-state index in [1.165, 1.54) is 6.07 Å². The molecular weight excluding hydrogens is 282 g/mol. The number of hydrogen-bond acceptors (Lipinski definition) is 4. The molecule has 1 aliphatic heterocycles. The second-order valence-electron chi connectivity index (χ2n) is 6.50. The van der Waals surface area contributed by atoms with Gasteiger partial charge in [0.1, 0.15) is 5.60 Å². The minimum absolute atomic E-state index is 0.0403. The molecule has 2 aromatic rings. The van der Waals surface area contributed by atoms with Gasteiger partial charge >= 0.3 is 6.09 Å². The highest BCUT2D eigenvalue weighted by molar-refractivity contribution is 5.80. The fourth-order valence-electron chi connectivity index (χ4n) is 2.78. The Hall–Kier alpha value is -2.37. The van der Waals surface area contributed by atoms with Crippen LogP contribution >= 0.6 is 0 Å². The summed E-state index contributed by atoms with van der Waals surface area (Å²) in [6, 6.07) is 5.18. The first-order valence-electron chi connectivity index (χ1n) is 7.30. The molecule has 0 saturated carbocycles. The van der Waals surface area contributed by atoms with E-state index < -0.39 is 11.7 Å². The van der Waals surface area contributed by atoms with Gasteiger partial charge in [-0.3, -0.25) is 9.78 Å². The molecule has 6 heteroatoms. The third kappa shape index (κ3) is 2.68. The van der Waals surface area contributed by atoms with Crippen LogP contribution in [0.2, 0.25) is 0 Å². The molecule has 6 nitrogen and oxygen atoms in total. The number of pyridine rings is 2. The van der Waals surface area contributed by atoms with Gasteiger partial charge in [0, 0.05) is 31.3 Å². The van der Waals surface area contributed by atoms with Crippen molar-refractivity contribution >= 4 is 17.1 Å². The summed E-state index contributed by atoms with van der Waals surface area (Å²) in [5, 5.41) is 2.78. The van der Waals surface area contributed by atoms with Gasteiger partial charge in [-0.25, -0.2) is 4.79 Å². The Morgan fingerprint density at radius 3 is 2.91 bits per heavy atom. The molecule has 1 aliphatic rings. The maximum absolute atomic E-state index is 12.0. The van der Waals surface area contributed by atoms with Crippen LogP contribution in [0.15, 0.2) is 29.2 Å². The smallest absolute Gasteiger partial charge is 0.407 e. The Morgan fingerprint density at radius 2 is 2.18 bits per heavy atom. The third-order valence-corrected chi connectivity index (χ3v) is 3.64. The van der Waals surface area contributed by atoms with E-state index in [2.05, 4.69) is 10.3 Å². The normalized spacial score (nSPS) is 16.8. The van der Waals surface area contributed by atoms with Crippen LogP contribution in [0.5, 0.6) is 0 Å². The van der Waals surface area contributed by atoms with Crippen LogP contribution < -0.4 is 10.9 Å². The molecule has 1 atom stereocenters. The van der Waals surface area contributed by atoms with Gasteiger partial charge in [-0.1, -0.05) is 0 Å². The number of alkyl carbamates (subject to hydrolysis) is 1. The molecule has 0 aliphatic carbocycles. The molecular formula is C16H19N3O3. The second kappa shape index (κ2) is 5.12. The number of carbonyl (C=O) groups is 1. The zero-order chi connectivity index (χ0) is 15.9. The highest BCUT2D eigenvalue weighted by Gasteiger charge is 2.26. The molecule has 1 N–H and O–H groups in total. The van der Waals surface area contributed by atoms with Crippen molar-refractivity contribution in [3.05, 3.63) is 40.3 Å². The van der Waals surface area contributed by atoms with Gasteiger partial charge in [-0.15, -0.1) is 0 Å². The molecule has 0 unspecified atom stereocenters. The highest BCUT2D eigenvalue weighted by atomic mass is 16.6. The van der Waals surface area contributed by atoms with Gasteiger partial charge in [0.2, 0.25) is 0 Å². The summed E-state index contributed by atoms with van der Waals surface area (Å²) in [4.78, 5) is 28.1. The summed E-state index contributed by atoms with van der Waals surface area (Å²) in [5.74, 6) is 0.0492. The van der Waals surface area contributed by atoms with E-state index in [-0.39, 0.29) is 11.5 Å². The largest absolute Gasteiger partial charge is 0.444 e. The van der Waals surface area contributed by atoms with Crippen LogP contribution in [-0.4, -0.2) is 27.8 Å². The minimum Gasteiger partial charge on any atom is -0.444 e. The van der Waals surface area contributed by atoms with Gasteiger partial charge in [0.05, 0.1) is 11.0 Å². The van der Waals surface area contributed by atoms with E-state index in [0.29, 0.717) is 13.1 Å². The monoisotopic (exact) mass is 301 g/mol. The summed E-state index contributed by atoms with van der Waals surface area (Å²) >= 11 is 0. The predicted molar refractivity (Wildman–Crippen MR) is 83.0 cm³/mol. The van der Waals surface area contributed by atoms with Crippen molar-refractivity contribution in [2.75, 3.05) is 6.54 Å². The van der Waals surface area contributed by atoms with Crippen molar-refractivity contribution in [2.24, 2.45) is 0 Å². The molecule has 3 rings (SSSR count). The van der Waals surface area contributed by atoms with Gasteiger partial charge in [-0.05, 0) is 38.5 Å². The molecule has 116 valence electrons. The zero-order valence-electron chi connectivity index (χ0n) is 12.9. The lowest BCUT2D eigenvalue weighted by Crippen LogP contribution is -2.35. The van der Waals surface area contributed by atoms with Crippen molar-refractivity contribution < 1.29 is 9.53 Å². The average Bonchev–Trinajstić information content (AvgIpc) is 2.80. The molecule has 0 radical (unpaired) electrons. The van der Waals surface area contributed by atoms with Gasteiger partial charge in [-0.2, -0.15) is 0 Å². The maximum atomic E-state index is 12.0. The third-order valence-electron chi connectivity index (χ3n) is 3.64. The fourth-order valence-corrected chi connectivity index (χ4v) is 2.78. The predicted octanol–water partition coefficient (Wildman–Crippen LogP) is 2.02. The molecule has 0 spiro atoms. The molecule has 0 bridgehead atoms. The Kier molecular flexibility index (Phi) is 3.39. The van der Waals surface area contributed by atoms with Crippen LogP contribution in [0.25, 0.3) is 11.0 Å². The number of nitrogens with one attached hydrogen (secondary N) is 1. The van der Waals surface area contributed by atoms with E-state index in [0.717, 1.165) is 16.6 Å². The molecule has 0 aromatic carbocycles. The number of carbonyl (C=O) groups excluding carboxylic acids is 1. The van der Waals surface area contributed by atoms with Crippen molar-refractivity contribution in [2.45, 2.75) is 38.8 Å². The molecule has 0 fully saturated rings. The van der Waals surface area contributed by atoms with E-state index in [4.69, 9.17) is 4.74 Å². The van der Waals surface area contributed by atoms with Crippen LogP contribution in [0, 0.1) is 0 Å². The molecule has 2 aromatic heterocycles. The van der Waals surface area contributed by atoms with Gasteiger partial charge in [0.15, 0.2) is 0 Å². The lowest BCUT2D eigenvalue weighted by Gasteiger charge is -2.20. The molecule has 1 amide bonds. The minimum atomic E-state index is -0.524. The van der Waals surface area contributed by atoms with Crippen LogP contribution in [0.3, 0.4) is 0 Å². The maximum Gasteiger partial charge on any atom is 0.407 e. The van der Waals surface area contributed by atoms with Gasteiger partial charge < -0.3 is 14.6 Å². The number of hydrogen-bond donors (Lipinski definition) is 1. The lowest BCUT2D eigenvalue weighted by atomic mass is 10.0. The number of aromatic nitrogens is 2. The number of ether oxygens (including phenoxy) is 1. The number of amides is 1. The first-order chi connectivity index (χ1) is 10.3. The van der Waals surface area contributed by atoms with Gasteiger partial charge in [0.25, 0.3) is 5.56 Å². The van der Waals surface area contributed by atoms with Crippen molar-refractivity contribution in [1.82, 2.24) is 14.9 Å². The Balaban J connectivity index is 1.79. The molecule has 22 heavy (non-hydrogen) atoms. The van der Waals surface area contributed by atoms with E-state index in [9.17, 15) is 9.59 Å². The first-order valence-corrected chi connectivity index (χ1v) is 7.30. The van der Waals surface area contributed by atoms with E-state index in [1.807, 2.05) is 26.8 Å². The van der Waals surface area contributed by atoms with Crippen molar-refractivity contribution in [1.29, 1.82) is 0 Å². The summed E-state index contributed by atoms with van der Waals surface area (Å²) in [6.45, 7) is 6.44. The lowest BCUT2D eigenvalue weighted by molar-refractivity contribution is 0.0524. The van der Waals surface area contributed by atoms with Crippen molar-refractivity contribution in [3.8, 4) is 0 Å². The summed E-state index contributed by atoms with van der Waals surface area (Å²) in [7, 11) is 0. The zero-order valence-corrected chi connectivity index (χ0v) is 12.9. The standard InChI is InChI=1S/C16H19N3O3/c1-16(2,3)22-15(21)18-8-10-9-19-13(20)5-4-12-14(19)11(10)6-7-17-12/h4-7,10H,8-9H2,1-3H3,(H,18,21)/t10-/m0/s1.